The van der Waals surface area contributed by atoms with E-state index < -0.39 is 11.4 Å². The Kier molecular flexibility index (Phi) is 4.34. The zero-order valence-corrected chi connectivity index (χ0v) is 14.9. The Balaban J connectivity index is 1.59. The molecule has 1 saturated carbocycles. The summed E-state index contributed by atoms with van der Waals surface area (Å²) in [5.74, 6) is -0.904. The molecule has 6 heteroatoms. The fraction of sp³-hybridized carbons (Fsp3) is 0.381. The molecule has 1 aromatic carbocycles. The quantitative estimate of drug-likeness (QED) is 0.873. The van der Waals surface area contributed by atoms with E-state index in [1.165, 1.54) is 17.7 Å². The molecule has 1 aromatic heterocycles. The predicted molar refractivity (Wildman–Crippen MR) is 99.6 cm³/mol. The number of carbonyl (C=O) groups is 2. The largest absolute Gasteiger partial charge is 0.481 e. The number of likely N-dealkylation sites (tertiary alicyclic amines) is 1. The molecule has 27 heavy (non-hydrogen) atoms. The summed E-state index contributed by atoms with van der Waals surface area (Å²) in [4.78, 5) is 40.6. The van der Waals surface area contributed by atoms with Gasteiger partial charge in [0, 0.05) is 19.2 Å². The van der Waals surface area contributed by atoms with Crippen LogP contribution in [-0.4, -0.2) is 40.0 Å². The van der Waals surface area contributed by atoms with E-state index in [0.717, 1.165) is 12.8 Å². The molecule has 2 aromatic rings. The number of carbonyl (C=O) groups excluding carboxylic acids is 1. The molecule has 1 aliphatic carbocycles. The number of nitrogens with one attached hydrogen (secondary N) is 1. The maximum atomic E-state index is 12.8. The summed E-state index contributed by atoms with van der Waals surface area (Å²) in [7, 11) is 0. The van der Waals surface area contributed by atoms with Crippen molar-refractivity contribution in [1.82, 2.24) is 9.88 Å². The van der Waals surface area contributed by atoms with Crippen LogP contribution >= 0.6 is 0 Å². The van der Waals surface area contributed by atoms with Gasteiger partial charge in [-0.1, -0.05) is 36.4 Å². The van der Waals surface area contributed by atoms with Crippen molar-refractivity contribution in [3.63, 3.8) is 0 Å². The molecule has 140 valence electrons. The average Bonchev–Trinajstić information content (AvgIpc) is 3.08. The second-order valence-corrected chi connectivity index (χ2v) is 7.65. The summed E-state index contributed by atoms with van der Waals surface area (Å²) >= 11 is 0. The zero-order valence-electron chi connectivity index (χ0n) is 14.9. The van der Waals surface area contributed by atoms with Crippen LogP contribution in [-0.2, 0) is 4.79 Å². The molecule has 0 unspecified atom stereocenters. The van der Waals surface area contributed by atoms with Crippen molar-refractivity contribution in [1.29, 1.82) is 0 Å². The van der Waals surface area contributed by atoms with Crippen LogP contribution in [0.5, 0.6) is 0 Å². The Morgan fingerprint density at radius 2 is 1.89 bits per heavy atom. The highest BCUT2D eigenvalue weighted by atomic mass is 16.4. The Labute approximate surface area is 156 Å². The summed E-state index contributed by atoms with van der Waals surface area (Å²) in [5, 5.41) is 9.97. The first-order valence-electron chi connectivity index (χ1n) is 9.26. The van der Waals surface area contributed by atoms with Gasteiger partial charge < -0.3 is 15.0 Å². The number of fused-ring (bicyclic) bond motifs is 1. The number of pyridine rings is 1. The van der Waals surface area contributed by atoms with Crippen LogP contribution in [0.4, 0.5) is 0 Å². The number of H-pyrrole nitrogens is 1. The molecular weight excluding hydrogens is 344 g/mol. The number of aromatic amines is 1. The van der Waals surface area contributed by atoms with E-state index in [2.05, 4.69) is 17.1 Å². The molecule has 1 amide bonds. The fourth-order valence-corrected chi connectivity index (χ4v) is 4.73. The average molecular weight is 366 g/mol. The van der Waals surface area contributed by atoms with Crippen molar-refractivity contribution in [2.24, 2.45) is 11.3 Å². The van der Waals surface area contributed by atoms with E-state index in [9.17, 15) is 19.5 Å². The third kappa shape index (κ3) is 3.05. The van der Waals surface area contributed by atoms with E-state index in [-0.39, 0.29) is 29.6 Å². The molecule has 3 atom stereocenters. The predicted octanol–water partition coefficient (Wildman–Crippen LogP) is 2.49. The molecule has 2 fully saturated rings. The minimum absolute atomic E-state index is 0.0895. The van der Waals surface area contributed by atoms with Crippen molar-refractivity contribution >= 4 is 11.9 Å². The highest BCUT2D eigenvalue weighted by Gasteiger charge is 2.55. The lowest BCUT2D eigenvalue weighted by Crippen LogP contribution is -2.43. The molecule has 0 spiro atoms. The van der Waals surface area contributed by atoms with Gasteiger partial charge in [0.05, 0.1) is 5.41 Å². The number of benzene rings is 1. The van der Waals surface area contributed by atoms with Crippen molar-refractivity contribution < 1.29 is 14.7 Å². The minimum atomic E-state index is -0.893. The van der Waals surface area contributed by atoms with Crippen molar-refractivity contribution in [2.45, 2.75) is 25.2 Å². The number of amides is 1. The van der Waals surface area contributed by atoms with Crippen LogP contribution in [0.2, 0.25) is 0 Å². The highest BCUT2D eigenvalue weighted by Crippen LogP contribution is 2.51. The van der Waals surface area contributed by atoms with Gasteiger partial charge in [0.25, 0.3) is 5.91 Å². The molecule has 4 rings (SSSR count). The first-order chi connectivity index (χ1) is 13.0. The lowest BCUT2D eigenvalue weighted by Gasteiger charge is -2.38. The Morgan fingerprint density at radius 1 is 1.11 bits per heavy atom. The summed E-state index contributed by atoms with van der Waals surface area (Å²) in [6, 6.07) is 14.6. The normalized spacial score (nSPS) is 27.2. The number of carboxylic acids is 1. The van der Waals surface area contributed by atoms with Gasteiger partial charge in [-0.3, -0.25) is 14.4 Å². The molecule has 2 heterocycles. The van der Waals surface area contributed by atoms with Gasteiger partial charge >= 0.3 is 5.97 Å². The lowest BCUT2D eigenvalue weighted by molar-refractivity contribution is -0.152. The Morgan fingerprint density at radius 3 is 2.59 bits per heavy atom. The van der Waals surface area contributed by atoms with Crippen LogP contribution < -0.4 is 5.56 Å². The summed E-state index contributed by atoms with van der Waals surface area (Å²) in [6.45, 7) is 0.607. The van der Waals surface area contributed by atoms with E-state index in [1.807, 2.05) is 18.2 Å². The number of hydrogen-bond acceptors (Lipinski definition) is 3. The molecule has 1 aliphatic heterocycles. The SMILES string of the molecule is O=C(c1cccc(=O)[nH]1)N1C[C@@H]2C[C@@H](c3ccccc3)CC[C@]2(C(=O)O)C1. The number of nitrogens with zero attached hydrogens (tertiary/aromatic N) is 1. The van der Waals surface area contributed by atoms with Crippen molar-refractivity contribution in [3.8, 4) is 0 Å². The fourth-order valence-electron chi connectivity index (χ4n) is 4.73. The molecule has 0 bridgehead atoms. The van der Waals surface area contributed by atoms with E-state index >= 15 is 0 Å². The molecule has 0 radical (unpaired) electrons. The van der Waals surface area contributed by atoms with Gasteiger partial charge in [-0.05, 0) is 42.7 Å². The van der Waals surface area contributed by atoms with Gasteiger partial charge in [-0.15, -0.1) is 0 Å². The van der Waals surface area contributed by atoms with Crippen LogP contribution in [0.3, 0.4) is 0 Å². The molecule has 2 aliphatic rings. The van der Waals surface area contributed by atoms with Crippen molar-refractivity contribution in [3.05, 3.63) is 70.1 Å². The zero-order chi connectivity index (χ0) is 19.0. The van der Waals surface area contributed by atoms with Gasteiger partial charge in [0.2, 0.25) is 5.56 Å². The van der Waals surface area contributed by atoms with E-state index in [1.54, 1.807) is 11.0 Å². The van der Waals surface area contributed by atoms with Crippen LogP contribution in [0.25, 0.3) is 0 Å². The van der Waals surface area contributed by atoms with Crippen LogP contribution in [0.1, 0.15) is 41.2 Å². The monoisotopic (exact) mass is 366 g/mol. The number of carboxylic acid groups (broad SMARTS) is 1. The second kappa shape index (κ2) is 6.68. The maximum absolute atomic E-state index is 12.8. The first kappa shape index (κ1) is 17.5. The van der Waals surface area contributed by atoms with Gasteiger partial charge in [-0.25, -0.2) is 0 Å². The van der Waals surface area contributed by atoms with Gasteiger partial charge in [0.15, 0.2) is 0 Å². The lowest BCUT2D eigenvalue weighted by atomic mass is 9.64. The van der Waals surface area contributed by atoms with Gasteiger partial charge in [-0.2, -0.15) is 0 Å². The summed E-state index contributed by atoms with van der Waals surface area (Å²) in [5.41, 5.74) is 0.209. The topological polar surface area (TPSA) is 90.5 Å². The summed E-state index contributed by atoms with van der Waals surface area (Å²) < 4.78 is 0. The molecular formula is C21H22N2O4. The van der Waals surface area contributed by atoms with E-state index in [0.29, 0.717) is 18.9 Å². The Hall–Kier alpha value is -2.89. The molecule has 2 N–H and O–H groups in total. The summed E-state index contributed by atoms with van der Waals surface area (Å²) in [6.07, 6.45) is 2.12. The smallest absolute Gasteiger partial charge is 0.311 e. The third-order valence-corrected chi connectivity index (χ3v) is 6.19. The second-order valence-electron chi connectivity index (χ2n) is 7.65. The number of aromatic nitrogens is 1. The molecule has 6 nitrogen and oxygen atoms in total. The number of rotatable bonds is 3. The standard InChI is InChI=1S/C21H22N2O4/c24-18-8-4-7-17(22-18)19(25)23-12-16-11-15(14-5-2-1-3-6-14)9-10-21(16,13-23)20(26)27/h1-8,15-16H,9-13H2,(H,22,24)(H,26,27)/t15-,16-,21-/m0/s1. The number of hydrogen-bond donors (Lipinski definition) is 2. The first-order valence-corrected chi connectivity index (χ1v) is 9.26. The van der Waals surface area contributed by atoms with Crippen LogP contribution in [0.15, 0.2) is 53.3 Å². The molecule has 1 saturated heterocycles. The third-order valence-electron chi connectivity index (χ3n) is 6.19. The Bertz CT molecular complexity index is 923. The highest BCUT2D eigenvalue weighted by molar-refractivity contribution is 5.93. The van der Waals surface area contributed by atoms with Crippen molar-refractivity contribution in [2.75, 3.05) is 13.1 Å². The number of aliphatic carboxylic acids is 1. The minimum Gasteiger partial charge on any atom is -0.481 e. The van der Waals surface area contributed by atoms with Gasteiger partial charge in [0.1, 0.15) is 5.69 Å². The van der Waals surface area contributed by atoms with E-state index in [4.69, 9.17) is 0 Å². The van der Waals surface area contributed by atoms with Crippen LogP contribution in [0, 0.1) is 11.3 Å². The maximum Gasteiger partial charge on any atom is 0.311 e.